The first-order chi connectivity index (χ1) is 6.59. The number of hydrogen-bond acceptors (Lipinski definition) is 0. The Morgan fingerprint density at radius 3 is 2.07 bits per heavy atom. The molecule has 15 heavy (non-hydrogen) atoms. The molecule has 0 aromatic heterocycles. The highest BCUT2D eigenvalue weighted by molar-refractivity contribution is 5.93. The Hall–Kier alpha value is -0.860. The van der Waals surface area contributed by atoms with E-state index in [2.05, 4.69) is 63.6 Å². The van der Waals surface area contributed by atoms with E-state index in [4.69, 9.17) is 0 Å². The fraction of sp³-hybridized carbons (Fsp3) is 0.231. The van der Waals surface area contributed by atoms with Gasteiger partial charge in [0.25, 0.3) is 0 Å². The Kier molecular flexibility index (Phi) is 3.53. The molecule has 1 nitrogen and oxygen atoms in total. The molecular formula is C13H16BrN. The van der Waals surface area contributed by atoms with Crippen molar-refractivity contribution in [3.05, 3.63) is 42.5 Å². The Balaban J connectivity index is 0.00000112. The van der Waals surface area contributed by atoms with Gasteiger partial charge in [0.1, 0.15) is 5.69 Å². The quantitative estimate of drug-likeness (QED) is 0.639. The summed E-state index contributed by atoms with van der Waals surface area (Å²) in [7, 11) is 6.59. The van der Waals surface area contributed by atoms with Gasteiger partial charge in [-0.05, 0) is 17.5 Å². The van der Waals surface area contributed by atoms with Gasteiger partial charge in [-0.15, -0.1) is 0 Å². The predicted octanol–water partition coefficient (Wildman–Crippen LogP) is 0.0405. The molecule has 0 aliphatic heterocycles. The van der Waals surface area contributed by atoms with Crippen LogP contribution in [0.3, 0.4) is 0 Å². The summed E-state index contributed by atoms with van der Waals surface area (Å²) in [5, 5.41) is 2.67. The monoisotopic (exact) mass is 265 g/mol. The molecule has 0 fully saturated rings. The first kappa shape index (κ1) is 12.2. The van der Waals surface area contributed by atoms with Gasteiger partial charge in [-0.2, -0.15) is 0 Å². The fourth-order valence-corrected chi connectivity index (χ4v) is 1.79. The second kappa shape index (κ2) is 4.33. The third kappa shape index (κ3) is 2.39. The van der Waals surface area contributed by atoms with Crippen molar-refractivity contribution in [3.8, 4) is 0 Å². The van der Waals surface area contributed by atoms with Crippen molar-refractivity contribution < 1.29 is 17.0 Å². The van der Waals surface area contributed by atoms with Crippen molar-refractivity contribution >= 4 is 16.5 Å². The molecule has 0 heterocycles. The largest absolute Gasteiger partial charge is 1.00 e. The number of halogens is 1. The van der Waals surface area contributed by atoms with Crippen molar-refractivity contribution in [2.45, 2.75) is 0 Å². The molecule has 2 rings (SSSR count). The zero-order valence-corrected chi connectivity index (χ0v) is 11.0. The van der Waals surface area contributed by atoms with Gasteiger partial charge in [0, 0.05) is 5.39 Å². The van der Waals surface area contributed by atoms with Crippen LogP contribution in [0.15, 0.2) is 42.5 Å². The van der Waals surface area contributed by atoms with Crippen molar-refractivity contribution in [1.29, 1.82) is 0 Å². The molecule has 0 unspecified atom stereocenters. The maximum atomic E-state index is 2.20. The van der Waals surface area contributed by atoms with Crippen LogP contribution in [0.1, 0.15) is 0 Å². The van der Waals surface area contributed by atoms with Gasteiger partial charge in [0.05, 0.1) is 21.1 Å². The van der Waals surface area contributed by atoms with Crippen LogP contribution >= 0.6 is 0 Å². The number of nitrogens with zero attached hydrogens (tertiary/aromatic N) is 1. The van der Waals surface area contributed by atoms with E-state index in [-0.39, 0.29) is 17.0 Å². The average Bonchev–Trinajstić information content (AvgIpc) is 2.15. The first-order valence-corrected chi connectivity index (χ1v) is 4.89. The summed E-state index contributed by atoms with van der Waals surface area (Å²) >= 11 is 0. The number of hydrogen-bond donors (Lipinski definition) is 0. The van der Waals surface area contributed by atoms with Crippen LogP contribution in [0.25, 0.3) is 10.8 Å². The van der Waals surface area contributed by atoms with E-state index < -0.39 is 0 Å². The van der Waals surface area contributed by atoms with Gasteiger partial charge in [-0.25, -0.2) is 0 Å². The summed E-state index contributed by atoms with van der Waals surface area (Å²) in [6, 6.07) is 15.0. The van der Waals surface area contributed by atoms with E-state index in [1.54, 1.807) is 0 Å². The SMILES string of the molecule is C[N+](C)(C)c1cccc2ccccc12.[Br-]. The van der Waals surface area contributed by atoms with Crippen LogP contribution in [0.4, 0.5) is 5.69 Å². The maximum Gasteiger partial charge on any atom is 0.140 e. The minimum Gasteiger partial charge on any atom is -1.00 e. The Bertz CT molecular complexity index is 452. The van der Waals surface area contributed by atoms with E-state index in [0.29, 0.717) is 0 Å². The Morgan fingerprint density at radius 2 is 1.40 bits per heavy atom. The normalized spacial score (nSPS) is 11.1. The number of quaternary nitrogens is 1. The fourth-order valence-electron chi connectivity index (χ4n) is 1.79. The third-order valence-corrected chi connectivity index (χ3v) is 2.49. The molecule has 2 aromatic rings. The summed E-state index contributed by atoms with van der Waals surface area (Å²) in [6.45, 7) is 0. The zero-order chi connectivity index (χ0) is 10.2. The molecule has 2 aromatic carbocycles. The van der Waals surface area contributed by atoms with Crippen LogP contribution < -0.4 is 21.5 Å². The van der Waals surface area contributed by atoms with Gasteiger partial charge >= 0.3 is 0 Å². The van der Waals surface area contributed by atoms with Crippen molar-refractivity contribution in [1.82, 2.24) is 4.48 Å². The van der Waals surface area contributed by atoms with Gasteiger partial charge in [-0.1, -0.05) is 30.3 Å². The molecule has 0 aliphatic carbocycles. The molecule has 0 radical (unpaired) electrons. The van der Waals surface area contributed by atoms with E-state index in [1.165, 1.54) is 16.5 Å². The third-order valence-electron chi connectivity index (χ3n) is 2.49. The molecule has 0 N–H and O–H groups in total. The van der Waals surface area contributed by atoms with E-state index in [1.807, 2.05) is 0 Å². The molecular weight excluding hydrogens is 250 g/mol. The van der Waals surface area contributed by atoms with Gasteiger partial charge in [0.2, 0.25) is 0 Å². The molecule has 0 saturated heterocycles. The molecule has 0 amide bonds. The number of rotatable bonds is 1. The average molecular weight is 266 g/mol. The molecule has 80 valence electrons. The lowest BCUT2D eigenvalue weighted by Crippen LogP contribution is -3.00. The Labute approximate surface area is 102 Å². The van der Waals surface area contributed by atoms with E-state index in [9.17, 15) is 0 Å². The smallest absolute Gasteiger partial charge is 0.140 e. The highest BCUT2D eigenvalue weighted by Crippen LogP contribution is 2.27. The number of fused-ring (bicyclic) bond motifs is 1. The molecule has 0 atom stereocenters. The van der Waals surface area contributed by atoms with Gasteiger partial charge < -0.3 is 17.0 Å². The molecule has 0 spiro atoms. The lowest BCUT2D eigenvalue weighted by Gasteiger charge is -2.24. The molecule has 2 heteroatoms. The minimum atomic E-state index is 0. The highest BCUT2D eigenvalue weighted by atomic mass is 79.9. The molecule has 0 aliphatic rings. The molecule has 0 saturated carbocycles. The summed E-state index contributed by atoms with van der Waals surface area (Å²) in [5.74, 6) is 0. The lowest BCUT2D eigenvalue weighted by atomic mass is 10.1. The summed E-state index contributed by atoms with van der Waals surface area (Å²) < 4.78 is 0.862. The van der Waals surface area contributed by atoms with Gasteiger partial charge in [0.15, 0.2) is 0 Å². The van der Waals surface area contributed by atoms with Crippen molar-refractivity contribution in [2.24, 2.45) is 0 Å². The lowest BCUT2D eigenvalue weighted by molar-refractivity contribution is -0.00000306. The van der Waals surface area contributed by atoms with Crippen LogP contribution in [-0.4, -0.2) is 21.1 Å². The Morgan fingerprint density at radius 1 is 0.800 bits per heavy atom. The van der Waals surface area contributed by atoms with Crippen LogP contribution in [0.2, 0.25) is 0 Å². The first-order valence-electron chi connectivity index (χ1n) is 4.89. The molecule has 0 bridgehead atoms. The van der Waals surface area contributed by atoms with Crippen LogP contribution in [0.5, 0.6) is 0 Å². The van der Waals surface area contributed by atoms with Crippen molar-refractivity contribution in [2.75, 3.05) is 21.1 Å². The minimum absolute atomic E-state index is 0. The topological polar surface area (TPSA) is 0 Å². The standard InChI is InChI=1S/C13H16N.BrH/c1-14(2,3)13-10-6-8-11-7-4-5-9-12(11)13;/h4-10H,1-3H3;1H/q+1;/p-1. The summed E-state index contributed by atoms with van der Waals surface area (Å²) in [4.78, 5) is 0. The number of benzene rings is 2. The van der Waals surface area contributed by atoms with E-state index in [0.717, 1.165) is 4.48 Å². The van der Waals surface area contributed by atoms with Crippen LogP contribution in [0, 0.1) is 0 Å². The van der Waals surface area contributed by atoms with Crippen LogP contribution in [-0.2, 0) is 0 Å². The highest BCUT2D eigenvalue weighted by Gasteiger charge is 2.14. The second-order valence-electron chi connectivity index (χ2n) is 4.51. The van der Waals surface area contributed by atoms with Crippen molar-refractivity contribution in [3.63, 3.8) is 0 Å². The summed E-state index contributed by atoms with van der Waals surface area (Å²) in [6.07, 6.45) is 0. The maximum absolute atomic E-state index is 2.20. The predicted molar refractivity (Wildman–Crippen MR) is 63.5 cm³/mol. The second-order valence-corrected chi connectivity index (χ2v) is 4.51. The zero-order valence-electron chi connectivity index (χ0n) is 9.37. The summed E-state index contributed by atoms with van der Waals surface area (Å²) in [5.41, 5.74) is 1.36. The van der Waals surface area contributed by atoms with Gasteiger partial charge in [-0.3, -0.25) is 4.48 Å². The van der Waals surface area contributed by atoms with E-state index >= 15 is 0 Å².